The van der Waals surface area contributed by atoms with Gasteiger partial charge in [-0.15, -0.1) is 0 Å². The standard InChI is InChI=1S/C20H26N2O2/c1-4-7-19(23)22-18(12-14(2)3)20(24)21-17-11-10-15-8-5-6-9-16(15)13-17/h5-6,8-11,13-14,18H,4,7,12H2,1-3H3,(H,21,24)(H,22,23). The summed E-state index contributed by atoms with van der Waals surface area (Å²) in [5.74, 6) is 0.0829. The molecule has 0 heterocycles. The number of carbonyl (C=O) groups is 2. The van der Waals surface area contributed by atoms with Crippen molar-refractivity contribution >= 4 is 28.3 Å². The van der Waals surface area contributed by atoms with Gasteiger partial charge in [0.1, 0.15) is 6.04 Å². The van der Waals surface area contributed by atoms with Crippen LogP contribution in [0.2, 0.25) is 0 Å². The lowest BCUT2D eigenvalue weighted by molar-refractivity contribution is -0.126. The summed E-state index contributed by atoms with van der Waals surface area (Å²) >= 11 is 0. The van der Waals surface area contributed by atoms with Crippen molar-refractivity contribution < 1.29 is 9.59 Å². The highest BCUT2D eigenvalue weighted by Crippen LogP contribution is 2.19. The molecule has 0 radical (unpaired) electrons. The van der Waals surface area contributed by atoms with Crippen molar-refractivity contribution in [3.8, 4) is 0 Å². The van der Waals surface area contributed by atoms with Gasteiger partial charge in [-0.2, -0.15) is 0 Å². The van der Waals surface area contributed by atoms with Crippen molar-refractivity contribution in [2.24, 2.45) is 5.92 Å². The van der Waals surface area contributed by atoms with E-state index < -0.39 is 6.04 Å². The molecule has 2 amide bonds. The van der Waals surface area contributed by atoms with Crippen LogP contribution in [0, 0.1) is 5.92 Å². The molecule has 2 aromatic rings. The van der Waals surface area contributed by atoms with E-state index in [4.69, 9.17) is 0 Å². The van der Waals surface area contributed by atoms with E-state index >= 15 is 0 Å². The molecule has 0 spiro atoms. The van der Waals surface area contributed by atoms with Crippen LogP contribution in [0.25, 0.3) is 10.8 Å². The molecule has 2 rings (SSSR count). The highest BCUT2D eigenvalue weighted by Gasteiger charge is 2.21. The molecule has 2 N–H and O–H groups in total. The highest BCUT2D eigenvalue weighted by molar-refractivity contribution is 5.99. The van der Waals surface area contributed by atoms with E-state index in [1.165, 1.54) is 0 Å². The van der Waals surface area contributed by atoms with E-state index in [-0.39, 0.29) is 11.8 Å². The fraction of sp³-hybridized carbons (Fsp3) is 0.400. The molecule has 0 aliphatic heterocycles. The van der Waals surface area contributed by atoms with E-state index in [9.17, 15) is 9.59 Å². The van der Waals surface area contributed by atoms with Gasteiger partial charge >= 0.3 is 0 Å². The van der Waals surface area contributed by atoms with Gasteiger partial charge in [-0.1, -0.05) is 51.1 Å². The first kappa shape index (κ1) is 18.0. The third kappa shape index (κ3) is 5.08. The average Bonchev–Trinajstić information content (AvgIpc) is 2.54. The minimum atomic E-state index is -0.504. The number of carbonyl (C=O) groups excluding carboxylic acids is 2. The molecule has 0 saturated heterocycles. The Bertz CT molecular complexity index is 710. The Hall–Kier alpha value is -2.36. The number of amides is 2. The van der Waals surface area contributed by atoms with Gasteiger partial charge in [0, 0.05) is 12.1 Å². The summed E-state index contributed by atoms with van der Waals surface area (Å²) in [4.78, 5) is 24.5. The summed E-state index contributed by atoms with van der Waals surface area (Å²) in [6.07, 6.45) is 1.83. The van der Waals surface area contributed by atoms with E-state index in [1.54, 1.807) is 0 Å². The Labute approximate surface area is 143 Å². The van der Waals surface area contributed by atoms with Crippen LogP contribution in [0.5, 0.6) is 0 Å². The predicted molar refractivity (Wildman–Crippen MR) is 98.9 cm³/mol. The molecule has 0 saturated carbocycles. The highest BCUT2D eigenvalue weighted by atomic mass is 16.2. The third-order valence-electron chi connectivity index (χ3n) is 3.85. The van der Waals surface area contributed by atoms with Crippen molar-refractivity contribution in [1.82, 2.24) is 5.32 Å². The van der Waals surface area contributed by atoms with Gasteiger partial charge in [-0.25, -0.2) is 0 Å². The summed E-state index contributed by atoms with van der Waals surface area (Å²) in [6, 6.07) is 13.3. The van der Waals surface area contributed by atoms with Crippen molar-refractivity contribution in [2.45, 2.75) is 46.1 Å². The Morgan fingerprint density at radius 1 is 1.04 bits per heavy atom. The molecule has 0 bridgehead atoms. The fourth-order valence-corrected chi connectivity index (χ4v) is 2.69. The second-order valence-electron chi connectivity index (χ2n) is 6.55. The second kappa shape index (κ2) is 8.48. The van der Waals surface area contributed by atoms with Crippen LogP contribution < -0.4 is 10.6 Å². The Morgan fingerprint density at radius 3 is 2.42 bits per heavy atom. The molecule has 24 heavy (non-hydrogen) atoms. The van der Waals surface area contributed by atoms with Crippen LogP contribution in [-0.2, 0) is 9.59 Å². The summed E-state index contributed by atoms with van der Waals surface area (Å²) < 4.78 is 0. The van der Waals surface area contributed by atoms with E-state index in [1.807, 2.05) is 63.2 Å². The topological polar surface area (TPSA) is 58.2 Å². The van der Waals surface area contributed by atoms with Crippen molar-refractivity contribution in [1.29, 1.82) is 0 Å². The second-order valence-corrected chi connectivity index (χ2v) is 6.55. The summed E-state index contributed by atoms with van der Waals surface area (Å²) in [5, 5.41) is 7.99. The van der Waals surface area contributed by atoms with Crippen LogP contribution >= 0.6 is 0 Å². The van der Waals surface area contributed by atoms with E-state index in [0.29, 0.717) is 18.8 Å². The van der Waals surface area contributed by atoms with Gasteiger partial charge in [0.15, 0.2) is 0 Å². The summed E-state index contributed by atoms with van der Waals surface area (Å²) in [7, 11) is 0. The van der Waals surface area contributed by atoms with Crippen molar-refractivity contribution in [2.75, 3.05) is 5.32 Å². The van der Waals surface area contributed by atoms with Crippen LogP contribution in [0.15, 0.2) is 42.5 Å². The van der Waals surface area contributed by atoms with Gasteiger partial charge in [0.05, 0.1) is 0 Å². The molecular formula is C20H26N2O2. The molecular weight excluding hydrogens is 300 g/mol. The summed E-state index contributed by atoms with van der Waals surface area (Å²) in [6.45, 7) is 6.04. The lowest BCUT2D eigenvalue weighted by Gasteiger charge is -2.20. The first-order chi connectivity index (χ1) is 11.5. The number of benzene rings is 2. The van der Waals surface area contributed by atoms with Crippen molar-refractivity contribution in [3.05, 3.63) is 42.5 Å². The average molecular weight is 326 g/mol. The summed E-state index contributed by atoms with van der Waals surface area (Å²) in [5.41, 5.74) is 0.747. The molecule has 0 aliphatic carbocycles. The minimum absolute atomic E-state index is 0.0724. The largest absolute Gasteiger partial charge is 0.344 e. The molecule has 2 aromatic carbocycles. The molecule has 4 nitrogen and oxygen atoms in total. The Balaban J connectivity index is 2.10. The quantitative estimate of drug-likeness (QED) is 0.804. The molecule has 1 atom stereocenters. The number of nitrogens with one attached hydrogen (secondary N) is 2. The van der Waals surface area contributed by atoms with Crippen LogP contribution in [0.4, 0.5) is 5.69 Å². The number of anilines is 1. The molecule has 1 unspecified atom stereocenters. The lowest BCUT2D eigenvalue weighted by atomic mass is 10.0. The molecule has 128 valence electrons. The zero-order chi connectivity index (χ0) is 17.5. The van der Waals surface area contributed by atoms with Gasteiger partial charge in [-0.3, -0.25) is 9.59 Å². The maximum absolute atomic E-state index is 12.6. The van der Waals surface area contributed by atoms with Gasteiger partial charge in [0.2, 0.25) is 11.8 Å². The predicted octanol–water partition coefficient (Wildman–Crippen LogP) is 4.11. The first-order valence-electron chi connectivity index (χ1n) is 8.58. The van der Waals surface area contributed by atoms with Gasteiger partial charge in [0.25, 0.3) is 0 Å². The van der Waals surface area contributed by atoms with Crippen molar-refractivity contribution in [3.63, 3.8) is 0 Å². The first-order valence-corrected chi connectivity index (χ1v) is 8.58. The lowest BCUT2D eigenvalue weighted by Crippen LogP contribution is -2.44. The number of hydrogen-bond acceptors (Lipinski definition) is 2. The SMILES string of the molecule is CCCC(=O)NC(CC(C)C)C(=O)Nc1ccc2ccccc2c1. The number of fused-ring (bicyclic) bond motifs is 1. The normalized spacial score (nSPS) is 12.2. The van der Waals surface area contributed by atoms with Gasteiger partial charge in [-0.05, 0) is 41.7 Å². The van der Waals surface area contributed by atoms with Crippen LogP contribution in [0.3, 0.4) is 0 Å². The van der Waals surface area contributed by atoms with Gasteiger partial charge < -0.3 is 10.6 Å². The molecule has 0 fully saturated rings. The fourth-order valence-electron chi connectivity index (χ4n) is 2.69. The maximum atomic E-state index is 12.6. The zero-order valence-electron chi connectivity index (χ0n) is 14.6. The van der Waals surface area contributed by atoms with Crippen LogP contribution in [-0.4, -0.2) is 17.9 Å². The smallest absolute Gasteiger partial charge is 0.246 e. The van der Waals surface area contributed by atoms with E-state index in [0.717, 1.165) is 22.9 Å². The number of rotatable bonds is 7. The molecule has 4 heteroatoms. The minimum Gasteiger partial charge on any atom is -0.344 e. The Morgan fingerprint density at radius 2 is 1.75 bits per heavy atom. The third-order valence-corrected chi connectivity index (χ3v) is 3.85. The van der Waals surface area contributed by atoms with E-state index in [2.05, 4.69) is 10.6 Å². The molecule has 0 aromatic heterocycles. The monoisotopic (exact) mass is 326 g/mol. The molecule has 0 aliphatic rings. The number of hydrogen-bond donors (Lipinski definition) is 2. The van der Waals surface area contributed by atoms with Crippen LogP contribution in [0.1, 0.15) is 40.0 Å². The Kier molecular flexibility index (Phi) is 6.36. The zero-order valence-corrected chi connectivity index (χ0v) is 14.6. The maximum Gasteiger partial charge on any atom is 0.246 e.